The second-order valence-electron chi connectivity index (χ2n) is 7.55. The van der Waals surface area contributed by atoms with Gasteiger partial charge >= 0.3 is 0 Å². The van der Waals surface area contributed by atoms with E-state index >= 15 is 0 Å². The van der Waals surface area contributed by atoms with Crippen LogP contribution < -0.4 is 9.47 Å². The molecule has 0 bridgehead atoms. The molecule has 1 aliphatic rings. The molecule has 2 N–H and O–H groups in total. The van der Waals surface area contributed by atoms with Gasteiger partial charge in [-0.05, 0) is 37.3 Å². The van der Waals surface area contributed by atoms with Crippen molar-refractivity contribution in [1.82, 2.24) is 0 Å². The number of aryl methyl sites for hydroxylation is 1. The minimum absolute atomic E-state index is 0.0714. The van der Waals surface area contributed by atoms with Gasteiger partial charge in [-0.25, -0.2) is 0 Å². The summed E-state index contributed by atoms with van der Waals surface area (Å²) < 4.78 is 12.8. The Labute approximate surface area is 168 Å². The molecule has 3 rings (SSSR count). The zero-order valence-corrected chi connectivity index (χ0v) is 17.5. The summed E-state index contributed by atoms with van der Waals surface area (Å²) in [7, 11) is 0. The third-order valence-electron chi connectivity index (χ3n) is 5.31. The van der Waals surface area contributed by atoms with Gasteiger partial charge in [0.2, 0.25) is 0 Å². The molecule has 1 heterocycles. The first kappa shape index (κ1) is 20.4. The molecule has 0 amide bonds. The Morgan fingerprint density at radius 3 is 1.64 bits per heavy atom. The lowest BCUT2D eigenvalue weighted by atomic mass is 9.95. The van der Waals surface area contributed by atoms with Crippen molar-refractivity contribution in [3.05, 3.63) is 34.4 Å². The fourth-order valence-corrected chi connectivity index (χ4v) is 4.03. The Hall–Kier alpha value is -2.36. The van der Waals surface area contributed by atoms with Crippen molar-refractivity contribution >= 4 is 0 Å². The van der Waals surface area contributed by atoms with E-state index in [2.05, 4.69) is 19.9 Å². The first-order valence-corrected chi connectivity index (χ1v) is 10.7. The Balaban J connectivity index is 2.20. The maximum Gasteiger partial charge on any atom is 0.177 e. The molecule has 0 spiro atoms. The van der Waals surface area contributed by atoms with Crippen molar-refractivity contribution in [2.45, 2.75) is 79.1 Å². The monoisotopic (exact) mass is 384 g/mol. The van der Waals surface area contributed by atoms with Gasteiger partial charge in [-0.1, -0.05) is 59.4 Å². The molecule has 0 saturated heterocycles. The summed E-state index contributed by atoms with van der Waals surface area (Å²) >= 11 is 0. The Morgan fingerprint density at radius 1 is 0.607 bits per heavy atom. The topological polar surface area (TPSA) is 58.9 Å². The lowest BCUT2D eigenvalue weighted by Gasteiger charge is -2.28. The number of hydrogen-bond acceptors (Lipinski definition) is 4. The molecule has 2 aromatic carbocycles. The van der Waals surface area contributed by atoms with Crippen LogP contribution in [0.5, 0.6) is 34.5 Å². The number of rotatable bonds is 8. The predicted molar refractivity (Wildman–Crippen MR) is 112 cm³/mol. The highest BCUT2D eigenvalue weighted by Crippen LogP contribution is 2.56. The summed E-state index contributed by atoms with van der Waals surface area (Å²) in [4.78, 5) is 0. The molecule has 0 unspecified atom stereocenters. The van der Waals surface area contributed by atoms with Gasteiger partial charge in [-0.3, -0.25) is 0 Å². The van der Waals surface area contributed by atoms with Gasteiger partial charge in [0.25, 0.3) is 0 Å². The Morgan fingerprint density at radius 2 is 1.11 bits per heavy atom. The molecule has 0 atom stereocenters. The van der Waals surface area contributed by atoms with Gasteiger partial charge in [0.1, 0.15) is 0 Å². The average molecular weight is 385 g/mol. The molecular weight excluding hydrogens is 352 g/mol. The highest BCUT2D eigenvalue weighted by molar-refractivity contribution is 5.70. The van der Waals surface area contributed by atoms with E-state index in [-0.39, 0.29) is 11.5 Å². The molecule has 2 aromatic rings. The minimum atomic E-state index is -0.0764. The smallest absolute Gasteiger partial charge is 0.177 e. The number of benzene rings is 2. The zero-order chi connectivity index (χ0) is 20.3. The maximum absolute atomic E-state index is 10.7. The normalized spacial score (nSPS) is 12.1. The van der Waals surface area contributed by atoms with Crippen LogP contribution in [-0.4, -0.2) is 10.2 Å². The molecule has 0 aromatic heterocycles. The van der Waals surface area contributed by atoms with E-state index in [1.165, 1.54) is 11.1 Å². The Kier molecular flexibility index (Phi) is 6.38. The first-order valence-electron chi connectivity index (χ1n) is 10.7. The van der Waals surface area contributed by atoms with Crippen LogP contribution in [0.25, 0.3) is 0 Å². The van der Waals surface area contributed by atoms with Crippen LogP contribution in [-0.2, 0) is 25.7 Å². The molecule has 0 saturated carbocycles. The summed E-state index contributed by atoms with van der Waals surface area (Å²) in [6.45, 7) is 8.43. The van der Waals surface area contributed by atoms with Crippen molar-refractivity contribution in [2.24, 2.45) is 0 Å². The van der Waals surface area contributed by atoms with Crippen LogP contribution in [0.2, 0.25) is 0 Å². The number of phenolic OH excluding ortho intramolecular Hbond substituents is 2. The van der Waals surface area contributed by atoms with Crippen molar-refractivity contribution in [2.75, 3.05) is 0 Å². The van der Waals surface area contributed by atoms with Crippen molar-refractivity contribution < 1.29 is 19.7 Å². The number of ether oxygens (including phenoxy) is 2. The average Bonchev–Trinajstić information content (AvgIpc) is 2.69. The molecule has 4 heteroatoms. The van der Waals surface area contributed by atoms with Crippen LogP contribution in [0.4, 0.5) is 0 Å². The van der Waals surface area contributed by atoms with E-state index < -0.39 is 0 Å². The van der Waals surface area contributed by atoms with Crippen LogP contribution in [0.1, 0.15) is 75.6 Å². The van der Waals surface area contributed by atoms with Crippen molar-refractivity contribution in [1.29, 1.82) is 0 Å². The fourth-order valence-electron chi connectivity index (χ4n) is 4.03. The summed E-state index contributed by atoms with van der Waals surface area (Å²) in [5.74, 6) is 2.44. The quantitative estimate of drug-likeness (QED) is 0.419. The second kappa shape index (κ2) is 8.76. The summed E-state index contributed by atoms with van der Waals surface area (Å²) in [5.41, 5.74) is 3.74. The Bertz CT molecular complexity index is 855. The van der Waals surface area contributed by atoms with Crippen LogP contribution in [0.3, 0.4) is 0 Å². The van der Waals surface area contributed by atoms with E-state index in [1.807, 2.05) is 19.9 Å². The highest BCUT2D eigenvalue weighted by atomic mass is 16.6. The van der Waals surface area contributed by atoms with Gasteiger partial charge in [0.15, 0.2) is 34.5 Å². The third kappa shape index (κ3) is 3.52. The van der Waals surface area contributed by atoms with E-state index in [0.29, 0.717) is 41.2 Å². The summed E-state index contributed by atoms with van der Waals surface area (Å²) in [6, 6.07) is 4.11. The molecule has 0 aliphatic carbocycles. The molecule has 0 radical (unpaired) electrons. The lowest BCUT2D eigenvalue weighted by Crippen LogP contribution is -2.09. The van der Waals surface area contributed by atoms with Gasteiger partial charge in [-0.15, -0.1) is 0 Å². The van der Waals surface area contributed by atoms with Gasteiger partial charge in [-0.2, -0.15) is 0 Å². The molecule has 28 heavy (non-hydrogen) atoms. The lowest BCUT2D eigenvalue weighted by molar-refractivity contribution is 0.332. The number of hydrogen-bond donors (Lipinski definition) is 2. The molecule has 0 fully saturated rings. The summed E-state index contributed by atoms with van der Waals surface area (Å²) in [6.07, 6.45) is 6.91. The zero-order valence-electron chi connectivity index (χ0n) is 17.5. The summed E-state index contributed by atoms with van der Waals surface area (Å²) in [5, 5.41) is 21.3. The second-order valence-corrected chi connectivity index (χ2v) is 7.55. The van der Waals surface area contributed by atoms with Gasteiger partial charge < -0.3 is 19.7 Å². The number of phenols is 2. The van der Waals surface area contributed by atoms with Crippen molar-refractivity contribution in [3.8, 4) is 34.5 Å². The van der Waals surface area contributed by atoms with Crippen LogP contribution >= 0.6 is 0 Å². The number of fused-ring (bicyclic) bond motifs is 2. The van der Waals surface area contributed by atoms with Crippen molar-refractivity contribution in [3.63, 3.8) is 0 Å². The highest BCUT2D eigenvalue weighted by Gasteiger charge is 2.32. The number of aromatic hydroxyl groups is 2. The predicted octanol–water partition coefficient (Wildman–Crippen LogP) is 6.81. The molecular formula is C24H32O4. The van der Waals surface area contributed by atoms with Crippen LogP contribution in [0, 0.1) is 0 Å². The van der Waals surface area contributed by atoms with E-state index in [1.54, 1.807) is 0 Å². The standard InChI is InChI=1S/C24H32O4/c1-5-9-15-13-14-19-22(16(15)10-6-2)28-24-18(12-8-4)21(26)20(25)17(11-7-3)23(24)27-19/h13-14,25-26H,5-12H2,1-4H3. The SMILES string of the molecule is CCCc1ccc2c(c1CCC)Oc1c(CCC)c(O)c(O)c(CCC)c1O2. The van der Waals surface area contributed by atoms with Crippen LogP contribution in [0.15, 0.2) is 12.1 Å². The van der Waals surface area contributed by atoms with Gasteiger partial charge in [0.05, 0.1) is 0 Å². The fraction of sp³-hybridized carbons (Fsp3) is 0.500. The van der Waals surface area contributed by atoms with E-state index in [9.17, 15) is 10.2 Å². The largest absolute Gasteiger partial charge is 0.504 e. The molecule has 1 aliphatic heterocycles. The van der Waals surface area contributed by atoms with E-state index in [4.69, 9.17) is 9.47 Å². The maximum atomic E-state index is 10.7. The van der Waals surface area contributed by atoms with E-state index in [0.717, 1.165) is 44.3 Å². The third-order valence-corrected chi connectivity index (χ3v) is 5.31. The minimum Gasteiger partial charge on any atom is -0.504 e. The molecule has 152 valence electrons. The molecule has 4 nitrogen and oxygen atoms in total. The van der Waals surface area contributed by atoms with Gasteiger partial charge in [0, 0.05) is 16.7 Å². The first-order chi connectivity index (χ1) is 13.6.